The van der Waals surface area contributed by atoms with Gasteiger partial charge in [0.15, 0.2) is 5.75 Å². The van der Waals surface area contributed by atoms with E-state index < -0.39 is 68.1 Å². The quantitative estimate of drug-likeness (QED) is 0.263. The lowest BCUT2D eigenvalue weighted by molar-refractivity contribution is -0.267. The fraction of sp³-hybridized carbons (Fsp3) is 0.783. The van der Waals surface area contributed by atoms with Crippen molar-refractivity contribution in [1.82, 2.24) is 24.7 Å². The number of likely N-dealkylation sites (tertiary alicyclic amines) is 2. The number of aromatic nitrogens is 2. The zero-order chi connectivity index (χ0) is 27.2. The minimum absolute atomic E-state index is 0.0295. The number of ether oxygens (including phenoxy) is 1. The highest BCUT2D eigenvalue weighted by atomic mass is 19.3. The molecule has 15 heteroatoms. The lowest BCUT2D eigenvalue weighted by Crippen LogP contribution is -2.65. The van der Waals surface area contributed by atoms with E-state index in [0.29, 0.717) is 38.5 Å². The predicted molar refractivity (Wildman–Crippen MR) is 126 cm³/mol. The fourth-order valence-corrected chi connectivity index (χ4v) is 5.88. The highest BCUT2D eigenvalue weighted by Gasteiger charge is 2.53. The third-order valence-electron chi connectivity index (χ3n) is 8.02. The van der Waals surface area contributed by atoms with Gasteiger partial charge in [-0.15, -0.1) is 0 Å². The van der Waals surface area contributed by atoms with E-state index in [1.165, 1.54) is 12.4 Å². The Bertz CT molecular complexity index is 984. The molecule has 4 aliphatic heterocycles. The van der Waals surface area contributed by atoms with Crippen molar-refractivity contribution in [1.29, 1.82) is 0 Å². The van der Waals surface area contributed by atoms with Crippen molar-refractivity contribution >= 4 is 11.9 Å². The first-order valence-electron chi connectivity index (χ1n) is 12.8. The van der Waals surface area contributed by atoms with Gasteiger partial charge in [-0.25, -0.2) is 18.7 Å². The molecular weight excluding hydrogens is 510 g/mol. The number of carbonyl (C=O) groups is 1. The van der Waals surface area contributed by atoms with Gasteiger partial charge in [-0.1, -0.05) is 0 Å². The molecule has 0 saturated carbocycles. The number of halogens is 2. The van der Waals surface area contributed by atoms with Crippen molar-refractivity contribution in [2.45, 2.75) is 61.5 Å². The van der Waals surface area contributed by atoms with E-state index in [1.807, 2.05) is 4.90 Å². The van der Waals surface area contributed by atoms with Crippen LogP contribution >= 0.6 is 0 Å². The maximum Gasteiger partial charge on any atom is 0.267 e. The van der Waals surface area contributed by atoms with Crippen LogP contribution in [0.1, 0.15) is 12.8 Å². The number of aliphatic hydroxyl groups is 4. The van der Waals surface area contributed by atoms with Crippen LogP contribution in [0.3, 0.4) is 0 Å². The molecule has 4 fully saturated rings. The predicted octanol–water partition coefficient (Wildman–Crippen LogP) is -2.59. The van der Waals surface area contributed by atoms with Gasteiger partial charge < -0.3 is 40.1 Å². The van der Waals surface area contributed by atoms with Crippen LogP contribution in [0.15, 0.2) is 12.4 Å². The molecule has 5 heterocycles. The summed E-state index contributed by atoms with van der Waals surface area (Å²) in [5.74, 6) is -3.01. The van der Waals surface area contributed by atoms with E-state index >= 15 is 0 Å². The number of anilines is 1. The average molecular weight is 545 g/mol. The summed E-state index contributed by atoms with van der Waals surface area (Å²) in [6.45, 7) is 1.23. The Balaban J connectivity index is 1.32. The van der Waals surface area contributed by atoms with Gasteiger partial charge >= 0.3 is 0 Å². The zero-order valence-electron chi connectivity index (χ0n) is 20.8. The fourth-order valence-electron chi connectivity index (χ4n) is 5.88. The second-order valence-corrected chi connectivity index (χ2v) is 10.5. The maximum absolute atomic E-state index is 13.9. The summed E-state index contributed by atoms with van der Waals surface area (Å²) in [4.78, 5) is 28.6. The second kappa shape index (κ2) is 10.7. The number of piperazine rings is 1. The molecule has 7 atom stereocenters. The van der Waals surface area contributed by atoms with Crippen LogP contribution in [0.2, 0.25) is 0 Å². The highest BCUT2D eigenvalue weighted by Crippen LogP contribution is 2.35. The molecule has 0 radical (unpaired) electrons. The third kappa shape index (κ3) is 5.28. The first-order valence-corrected chi connectivity index (χ1v) is 12.8. The van der Waals surface area contributed by atoms with Crippen LogP contribution in [0.5, 0.6) is 5.75 Å². The molecule has 5 N–H and O–H groups in total. The Labute approximate surface area is 217 Å². The number of aliphatic hydroxyl groups excluding tert-OH is 4. The van der Waals surface area contributed by atoms with E-state index in [2.05, 4.69) is 14.9 Å². The largest absolute Gasteiger partial charge is 0.505 e. The average Bonchev–Trinajstić information content (AvgIpc) is 3.51. The smallest absolute Gasteiger partial charge is 0.267 e. The summed E-state index contributed by atoms with van der Waals surface area (Å²) in [7, 11) is 0. The Hall–Kier alpha value is -2.27. The molecule has 0 unspecified atom stereocenters. The molecular formula is C23H34F2N6O7. The minimum Gasteiger partial charge on any atom is -0.505 e. The lowest BCUT2D eigenvalue weighted by atomic mass is 9.97. The molecule has 4 aliphatic rings. The summed E-state index contributed by atoms with van der Waals surface area (Å²) in [6.07, 6.45) is -4.61. The Kier molecular flexibility index (Phi) is 7.70. The Morgan fingerprint density at radius 1 is 1.05 bits per heavy atom. The number of alkyl halides is 2. The molecule has 0 spiro atoms. The molecule has 1 amide bonds. The monoisotopic (exact) mass is 544 g/mol. The summed E-state index contributed by atoms with van der Waals surface area (Å²) >= 11 is 0. The van der Waals surface area contributed by atoms with Gasteiger partial charge in [-0.3, -0.25) is 14.6 Å². The van der Waals surface area contributed by atoms with E-state index in [1.54, 1.807) is 4.90 Å². The second-order valence-electron chi connectivity index (χ2n) is 10.5. The molecule has 0 bridgehead atoms. The van der Waals surface area contributed by atoms with Crippen LogP contribution in [-0.2, 0) is 9.53 Å². The van der Waals surface area contributed by atoms with Crippen molar-refractivity contribution in [3.05, 3.63) is 12.4 Å². The zero-order valence-corrected chi connectivity index (χ0v) is 20.8. The minimum atomic E-state index is -2.96. The Morgan fingerprint density at radius 3 is 2.34 bits per heavy atom. The van der Waals surface area contributed by atoms with Gasteiger partial charge in [0.25, 0.3) is 5.92 Å². The number of hydrogen-bond donors (Lipinski definition) is 5. The summed E-state index contributed by atoms with van der Waals surface area (Å²) in [5, 5.41) is 50.4. The number of nitrogens with zero attached hydrogens (tertiary/aromatic N) is 6. The van der Waals surface area contributed by atoms with Gasteiger partial charge in [0.1, 0.15) is 30.6 Å². The van der Waals surface area contributed by atoms with Crippen molar-refractivity contribution in [2.75, 3.05) is 57.3 Å². The SMILES string of the molecule is O=C([C@@H]1C[C@H](N2CCN(c3ncc(O)cn3)CC2)CN1[C@@H]1O[C@H](CO)[C@@H](O)[C@H](O)[C@H]1O)N1CCC(F)(F)C1. The van der Waals surface area contributed by atoms with Crippen molar-refractivity contribution < 1.29 is 43.8 Å². The number of hydrogen-bond acceptors (Lipinski definition) is 12. The van der Waals surface area contributed by atoms with E-state index in [0.717, 1.165) is 4.90 Å². The number of carbonyl (C=O) groups excluding carboxylic acids is 1. The van der Waals surface area contributed by atoms with Gasteiger partial charge in [0.2, 0.25) is 11.9 Å². The first kappa shape index (κ1) is 27.3. The summed E-state index contributed by atoms with van der Waals surface area (Å²) in [5.41, 5.74) is 0. The molecule has 212 valence electrons. The normalized spacial score (nSPS) is 36.6. The van der Waals surface area contributed by atoms with Crippen LogP contribution in [0, 0.1) is 0 Å². The van der Waals surface area contributed by atoms with Gasteiger partial charge in [0.05, 0.1) is 31.6 Å². The maximum atomic E-state index is 13.9. The van der Waals surface area contributed by atoms with Crippen LogP contribution in [-0.4, -0.2) is 157 Å². The number of aromatic hydroxyl groups is 1. The lowest BCUT2D eigenvalue weighted by Gasteiger charge is -2.45. The van der Waals surface area contributed by atoms with Crippen molar-refractivity contribution in [3.63, 3.8) is 0 Å². The highest BCUT2D eigenvalue weighted by molar-refractivity contribution is 5.82. The van der Waals surface area contributed by atoms with E-state index in [9.17, 15) is 39.1 Å². The van der Waals surface area contributed by atoms with E-state index in [4.69, 9.17) is 4.74 Å². The standard InChI is InChI=1S/C23H34F2N6O7/c24-23(25)1-2-30(12-23)20(37)15-7-13(10-31(15)21-19(36)18(35)17(34)16(11-32)38-21)28-3-5-29(6-4-28)22-26-8-14(33)9-27-22/h8-9,13,15-19,21,32-36H,1-7,10-12H2/t13-,15-,16+,17+,18-,19+,21+/m0/s1. The van der Waals surface area contributed by atoms with Gasteiger partial charge in [-0.05, 0) is 6.42 Å². The Morgan fingerprint density at radius 2 is 1.74 bits per heavy atom. The van der Waals surface area contributed by atoms with Crippen LogP contribution in [0.25, 0.3) is 0 Å². The molecule has 1 aromatic rings. The molecule has 0 aromatic carbocycles. The van der Waals surface area contributed by atoms with Gasteiger partial charge in [-0.2, -0.15) is 0 Å². The molecule has 13 nitrogen and oxygen atoms in total. The van der Waals surface area contributed by atoms with E-state index in [-0.39, 0.29) is 24.9 Å². The number of rotatable bonds is 5. The molecule has 0 aliphatic carbocycles. The molecule has 4 saturated heterocycles. The van der Waals surface area contributed by atoms with Crippen LogP contribution < -0.4 is 4.90 Å². The summed E-state index contributed by atoms with van der Waals surface area (Å²) < 4.78 is 33.6. The van der Waals surface area contributed by atoms with Crippen LogP contribution in [0.4, 0.5) is 14.7 Å². The van der Waals surface area contributed by atoms with Crippen molar-refractivity contribution in [2.24, 2.45) is 0 Å². The molecule has 1 aromatic heterocycles. The molecule has 38 heavy (non-hydrogen) atoms. The number of amides is 1. The summed E-state index contributed by atoms with van der Waals surface area (Å²) in [6, 6.07) is -1.07. The third-order valence-corrected chi connectivity index (χ3v) is 8.02. The first-order chi connectivity index (χ1) is 18.1. The van der Waals surface area contributed by atoms with Crippen molar-refractivity contribution in [3.8, 4) is 5.75 Å². The topological polar surface area (TPSA) is 166 Å². The molecule has 5 rings (SSSR count). The van der Waals surface area contributed by atoms with Gasteiger partial charge in [0, 0.05) is 51.7 Å².